The second kappa shape index (κ2) is 3.81. The fourth-order valence-electron chi connectivity index (χ4n) is 2.27. The summed E-state index contributed by atoms with van der Waals surface area (Å²) in [5, 5.41) is 0. The highest BCUT2D eigenvalue weighted by Gasteiger charge is 2.22. The van der Waals surface area contributed by atoms with E-state index in [1.54, 1.807) is 0 Å². The molecule has 1 aromatic rings. The van der Waals surface area contributed by atoms with E-state index in [-0.39, 0.29) is 0 Å². The largest absolute Gasteiger partial charge is 0.361 e. The van der Waals surface area contributed by atoms with Crippen molar-refractivity contribution in [3.8, 4) is 0 Å². The quantitative estimate of drug-likeness (QED) is 0.751. The van der Waals surface area contributed by atoms with E-state index < -0.39 is 0 Å². The van der Waals surface area contributed by atoms with Crippen LogP contribution in [-0.4, -0.2) is 29.8 Å². The molecule has 1 aliphatic heterocycles. The Balaban J connectivity index is 2.49. The zero-order valence-corrected chi connectivity index (χ0v) is 9.63. The van der Waals surface area contributed by atoms with Crippen LogP contribution in [0.15, 0.2) is 0 Å². The van der Waals surface area contributed by atoms with Crippen molar-refractivity contribution in [2.75, 3.05) is 13.6 Å². The second-order valence-electron chi connectivity index (χ2n) is 4.67. The molecule has 3 heteroatoms. The Kier molecular flexibility index (Phi) is 2.65. The minimum Gasteiger partial charge on any atom is -0.361 e. The van der Waals surface area contributed by atoms with Gasteiger partial charge in [-0.15, -0.1) is 0 Å². The number of carbonyl (C=O) groups excluding carboxylic acids is 1. The van der Waals surface area contributed by atoms with Crippen molar-refractivity contribution >= 4 is 6.29 Å². The lowest BCUT2D eigenvalue weighted by Crippen LogP contribution is -2.26. The van der Waals surface area contributed by atoms with Gasteiger partial charge in [0.25, 0.3) is 0 Å². The lowest BCUT2D eigenvalue weighted by molar-refractivity contribution is 0.112. The number of aldehydes is 1. The molecule has 0 unspecified atom stereocenters. The highest BCUT2D eigenvalue weighted by Crippen LogP contribution is 2.27. The maximum absolute atomic E-state index is 11.1. The minimum atomic E-state index is 0.390. The van der Waals surface area contributed by atoms with Gasteiger partial charge in [0.05, 0.1) is 0 Å². The molecular weight excluding hydrogens is 188 g/mol. The van der Waals surface area contributed by atoms with Crippen molar-refractivity contribution in [1.82, 2.24) is 9.88 Å². The summed E-state index contributed by atoms with van der Waals surface area (Å²) >= 11 is 0. The first-order chi connectivity index (χ1) is 7.13. The molecule has 0 bridgehead atoms. The van der Waals surface area contributed by atoms with E-state index in [0.717, 1.165) is 37.1 Å². The topological polar surface area (TPSA) is 36.1 Å². The molecule has 0 saturated carbocycles. The number of likely N-dealkylation sites (N-methyl/N-ethyl adjacent to an activating group) is 1. The Morgan fingerprint density at radius 2 is 2.20 bits per heavy atom. The van der Waals surface area contributed by atoms with E-state index in [9.17, 15) is 4.79 Å². The molecular formula is C12H18N2O. The van der Waals surface area contributed by atoms with Crippen LogP contribution in [0.1, 0.15) is 47.1 Å². The highest BCUT2D eigenvalue weighted by molar-refractivity contribution is 5.80. The molecule has 1 N–H and O–H groups in total. The standard InChI is InChI=1S/C12H18N2O/c1-8(2)12-10(7-15)9-6-14(3)5-4-11(9)13-12/h7-8,13H,4-6H2,1-3H3. The van der Waals surface area contributed by atoms with Crippen molar-refractivity contribution in [1.29, 1.82) is 0 Å². The van der Waals surface area contributed by atoms with E-state index in [1.807, 2.05) is 0 Å². The van der Waals surface area contributed by atoms with Crippen LogP contribution in [0.5, 0.6) is 0 Å². The van der Waals surface area contributed by atoms with Gasteiger partial charge in [0, 0.05) is 36.5 Å². The zero-order valence-electron chi connectivity index (χ0n) is 9.63. The van der Waals surface area contributed by atoms with E-state index in [1.165, 1.54) is 11.3 Å². The van der Waals surface area contributed by atoms with Gasteiger partial charge < -0.3 is 9.88 Å². The number of nitrogens with zero attached hydrogens (tertiary/aromatic N) is 1. The number of hydrogen-bond acceptors (Lipinski definition) is 2. The van der Waals surface area contributed by atoms with Gasteiger partial charge in [-0.1, -0.05) is 13.8 Å². The Morgan fingerprint density at radius 1 is 1.47 bits per heavy atom. The average Bonchev–Trinajstić information content (AvgIpc) is 2.55. The first kappa shape index (κ1) is 10.4. The van der Waals surface area contributed by atoms with Gasteiger partial charge in [0.2, 0.25) is 0 Å². The van der Waals surface area contributed by atoms with Gasteiger partial charge in [-0.25, -0.2) is 0 Å². The van der Waals surface area contributed by atoms with E-state index in [0.29, 0.717) is 5.92 Å². The first-order valence-corrected chi connectivity index (χ1v) is 5.50. The molecule has 0 aliphatic carbocycles. The predicted octanol–water partition coefficient (Wildman–Crippen LogP) is 1.94. The molecule has 3 nitrogen and oxygen atoms in total. The molecule has 82 valence electrons. The van der Waals surface area contributed by atoms with E-state index >= 15 is 0 Å². The van der Waals surface area contributed by atoms with Crippen molar-refractivity contribution in [2.45, 2.75) is 32.7 Å². The second-order valence-corrected chi connectivity index (χ2v) is 4.67. The van der Waals surface area contributed by atoms with Crippen LogP contribution in [0.3, 0.4) is 0 Å². The van der Waals surface area contributed by atoms with Crippen molar-refractivity contribution in [3.63, 3.8) is 0 Å². The molecule has 1 aliphatic rings. The first-order valence-electron chi connectivity index (χ1n) is 5.50. The number of hydrogen-bond donors (Lipinski definition) is 1. The maximum Gasteiger partial charge on any atom is 0.152 e. The van der Waals surface area contributed by atoms with Crippen LogP contribution in [0.4, 0.5) is 0 Å². The third-order valence-corrected chi connectivity index (χ3v) is 3.13. The molecule has 2 heterocycles. The van der Waals surface area contributed by atoms with Crippen LogP contribution in [0, 0.1) is 0 Å². The molecule has 0 aromatic carbocycles. The summed E-state index contributed by atoms with van der Waals surface area (Å²) in [6.45, 7) is 6.21. The summed E-state index contributed by atoms with van der Waals surface area (Å²) in [7, 11) is 2.10. The van der Waals surface area contributed by atoms with Gasteiger partial charge in [-0.2, -0.15) is 0 Å². The number of aromatic nitrogens is 1. The average molecular weight is 206 g/mol. The number of nitrogens with one attached hydrogen (secondary N) is 1. The van der Waals surface area contributed by atoms with Crippen LogP contribution in [0.25, 0.3) is 0 Å². The van der Waals surface area contributed by atoms with Crippen LogP contribution < -0.4 is 0 Å². The molecule has 0 atom stereocenters. The van der Waals surface area contributed by atoms with Crippen molar-refractivity contribution in [3.05, 3.63) is 22.5 Å². The van der Waals surface area contributed by atoms with Gasteiger partial charge in [-0.05, 0) is 18.5 Å². The van der Waals surface area contributed by atoms with Crippen LogP contribution in [0.2, 0.25) is 0 Å². The summed E-state index contributed by atoms with van der Waals surface area (Å²) in [6.07, 6.45) is 2.03. The minimum absolute atomic E-state index is 0.390. The smallest absolute Gasteiger partial charge is 0.152 e. The third kappa shape index (κ3) is 1.72. The number of rotatable bonds is 2. The molecule has 0 amide bonds. The Morgan fingerprint density at radius 3 is 2.80 bits per heavy atom. The monoisotopic (exact) mass is 206 g/mol. The van der Waals surface area contributed by atoms with Crippen LogP contribution >= 0.6 is 0 Å². The number of fused-ring (bicyclic) bond motifs is 1. The van der Waals surface area contributed by atoms with Crippen molar-refractivity contribution in [2.24, 2.45) is 0 Å². The summed E-state index contributed by atoms with van der Waals surface area (Å²) in [6, 6.07) is 0. The summed E-state index contributed by atoms with van der Waals surface area (Å²) < 4.78 is 0. The molecule has 0 radical (unpaired) electrons. The lowest BCUT2D eigenvalue weighted by Gasteiger charge is -2.22. The van der Waals surface area contributed by atoms with Gasteiger partial charge in [-0.3, -0.25) is 4.79 Å². The fourth-order valence-corrected chi connectivity index (χ4v) is 2.27. The number of H-pyrrole nitrogens is 1. The fraction of sp³-hybridized carbons (Fsp3) is 0.583. The number of aromatic amines is 1. The van der Waals surface area contributed by atoms with Crippen LogP contribution in [-0.2, 0) is 13.0 Å². The van der Waals surface area contributed by atoms with Gasteiger partial charge in [0.1, 0.15) is 0 Å². The maximum atomic E-state index is 11.1. The van der Waals surface area contributed by atoms with E-state index in [2.05, 4.69) is 30.8 Å². The molecule has 2 rings (SSSR count). The lowest BCUT2D eigenvalue weighted by atomic mass is 10.0. The molecule has 0 spiro atoms. The molecule has 15 heavy (non-hydrogen) atoms. The predicted molar refractivity (Wildman–Crippen MR) is 60.3 cm³/mol. The van der Waals surface area contributed by atoms with E-state index in [4.69, 9.17) is 0 Å². The Labute approximate surface area is 90.5 Å². The molecule has 1 aromatic heterocycles. The van der Waals surface area contributed by atoms with Gasteiger partial charge >= 0.3 is 0 Å². The summed E-state index contributed by atoms with van der Waals surface area (Å²) in [4.78, 5) is 16.8. The normalized spacial score (nSPS) is 16.8. The molecule has 0 saturated heterocycles. The molecule has 0 fully saturated rings. The highest BCUT2D eigenvalue weighted by atomic mass is 16.1. The SMILES string of the molecule is CC(C)c1[nH]c2c(c1C=O)CN(C)CC2. The third-order valence-electron chi connectivity index (χ3n) is 3.13. The number of carbonyl (C=O) groups is 1. The Bertz CT molecular complexity index is 379. The Hall–Kier alpha value is -1.09. The van der Waals surface area contributed by atoms with Gasteiger partial charge in [0.15, 0.2) is 6.29 Å². The summed E-state index contributed by atoms with van der Waals surface area (Å²) in [5.74, 6) is 0.390. The summed E-state index contributed by atoms with van der Waals surface area (Å²) in [5.41, 5.74) is 4.47. The zero-order chi connectivity index (χ0) is 11.0. The van der Waals surface area contributed by atoms with Crippen molar-refractivity contribution < 1.29 is 4.79 Å².